The van der Waals surface area contributed by atoms with E-state index in [0.717, 1.165) is 10.0 Å². The molecule has 2 N–H and O–H groups in total. The van der Waals surface area contributed by atoms with Gasteiger partial charge in [-0.25, -0.2) is 0 Å². The van der Waals surface area contributed by atoms with Crippen molar-refractivity contribution in [1.29, 1.82) is 0 Å². The molecule has 0 spiro atoms. The van der Waals surface area contributed by atoms with Crippen LogP contribution in [0.1, 0.15) is 27.2 Å². The van der Waals surface area contributed by atoms with E-state index in [1.807, 2.05) is 20.8 Å². The molecule has 0 radical (unpaired) electrons. The monoisotopic (exact) mass is 339 g/mol. The summed E-state index contributed by atoms with van der Waals surface area (Å²) in [4.78, 5) is 12.0. The van der Waals surface area contributed by atoms with Crippen LogP contribution in [0.15, 0.2) is 10.0 Å². The van der Waals surface area contributed by atoms with Crippen molar-refractivity contribution in [3.63, 3.8) is 0 Å². The Bertz CT molecular complexity index is 449. The van der Waals surface area contributed by atoms with E-state index in [0.29, 0.717) is 12.3 Å². The first-order chi connectivity index (χ1) is 8.38. The van der Waals surface area contributed by atoms with Gasteiger partial charge in [0.15, 0.2) is 0 Å². The number of aliphatic hydroxyl groups is 1. The third-order valence-electron chi connectivity index (χ3n) is 3.88. The first-order valence-corrected chi connectivity index (χ1v) is 9.00. The van der Waals surface area contributed by atoms with Gasteiger partial charge in [0, 0.05) is 0 Å². The van der Waals surface area contributed by atoms with Crippen molar-refractivity contribution in [2.24, 2.45) is 5.92 Å². The fourth-order valence-electron chi connectivity index (χ4n) is 2.85. The van der Waals surface area contributed by atoms with Crippen LogP contribution < -0.4 is 5.32 Å². The Morgan fingerprint density at radius 3 is 2.61 bits per heavy atom. The van der Waals surface area contributed by atoms with E-state index in [2.05, 4.69) is 5.32 Å². The van der Waals surface area contributed by atoms with E-state index in [1.54, 1.807) is 0 Å². The average molecular weight is 339 g/mol. The molecule has 2 aliphatic rings. The van der Waals surface area contributed by atoms with Gasteiger partial charge >= 0.3 is 116 Å². The molecule has 1 fully saturated rings. The Labute approximate surface area is 116 Å². The Kier molecular flexibility index (Phi) is 3.72. The van der Waals surface area contributed by atoms with E-state index in [4.69, 9.17) is 11.6 Å². The van der Waals surface area contributed by atoms with Crippen LogP contribution in [0, 0.1) is 5.92 Å². The van der Waals surface area contributed by atoms with Gasteiger partial charge in [0.1, 0.15) is 0 Å². The van der Waals surface area contributed by atoms with Crippen molar-refractivity contribution in [3.05, 3.63) is 10.0 Å². The molecule has 0 aliphatic carbocycles. The molecule has 2 aliphatic heterocycles. The first-order valence-electron chi connectivity index (χ1n) is 6.05. The second kappa shape index (κ2) is 4.71. The molecular formula is C12H18ClNO3Se. The molecule has 1 unspecified atom stereocenters. The summed E-state index contributed by atoms with van der Waals surface area (Å²) < 4.78 is 12.3. The maximum atomic E-state index is 12.6. The Morgan fingerprint density at radius 2 is 2.17 bits per heavy atom. The number of fused-ring (bicyclic) bond motifs is 1. The van der Waals surface area contributed by atoms with Crippen LogP contribution in [0.2, 0.25) is 4.31 Å². The molecule has 0 saturated carbocycles. The molecule has 6 heteroatoms. The summed E-state index contributed by atoms with van der Waals surface area (Å²) in [6.07, 6.45) is -0.242. The number of aliphatic hydroxyl groups excluding tert-OH is 1. The third kappa shape index (κ3) is 1.58. The van der Waals surface area contributed by atoms with Crippen LogP contribution in [0.25, 0.3) is 0 Å². The minimum absolute atomic E-state index is 0.0955. The predicted molar refractivity (Wildman–Crippen MR) is 69.9 cm³/mol. The normalized spacial score (nSPS) is 36.4. The van der Waals surface area contributed by atoms with Gasteiger partial charge in [0.2, 0.25) is 0 Å². The standard InChI is InChI=1S/C12H18ClNO3Se/c1-6(2)10(15)12-9(14-11(12)16)8(4-5-13)7(3)18(12)17/h6,9-10,15H,4-5H2,1-3H3,(H,14,16)/t9-,10-,12-,18?/m0/s1. The fraction of sp³-hybridized carbons (Fsp3) is 0.750. The zero-order valence-electron chi connectivity index (χ0n) is 10.7. The van der Waals surface area contributed by atoms with Crippen molar-refractivity contribution in [3.8, 4) is 0 Å². The van der Waals surface area contributed by atoms with Gasteiger partial charge in [-0.15, -0.1) is 0 Å². The summed E-state index contributed by atoms with van der Waals surface area (Å²) in [6, 6.07) is -0.274. The minimum atomic E-state index is -2.54. The number of nitrogens with one attached hydrogen (secondary N) is 1. The molecule has 0 bridgehead atoms. The second-order valence-corrected chi connectivity index (χ2v) is 9.39. The van der Waals surface area contributed by atoms with Gasteiger partial charge in [-0.3, -0.25) is 0 Å². The number of carbonyl (C=O) groups excluding carboxylic acids is 1. The van der Waals surface area contributed by atoms with Crippen molar-refractivity contribution in [2.75, 3.05) is 5.88 Å². The Balaban J connectivity index is 2.43. The summed E-state index contributed by atoms with van der Waals surface area (Å²) in [7, 11) is 0. The first kappa shape index (κ1) is 14.2. The summed E-state index contributed by atoms with van der Waals surface area (Å²) in [5, 5.41) is 13.2. The van der Waals surface area contributed by atoms with Gasteiger partial charge in [0.05, 0.1) is 0 Å². The Morgan fingerprint density at radius 1 is 1.56 bits per heavy atom. The van der Waals surface area contributed by atoms with Gasteiger partial charge in [-0.1, -0.05) is 0 Å². The number of rotatable bonds is 4. The van der Waals surface area contributed by atoms with Crippen LogP contribution in [0.5, 0.6) is 0 Å². The molecule has 2 rings (SSSR count). The number of β-lactam (4-membered cyclic amide) rings is 1. The van der Waals surface area contributed by atoms with Gasteiger partial charge < -0.3 is 0 Å². The van der Waals surface area contributed by atoms with Crippen LogP contribution in [0.3, 0.4) is 0 Å². The van der Waals surface area contributed by atoms with Crippen LogP contribution in [0.4, 0.5) is 0 Å². The number of hydrogen-bond acceptors (Lipinski definition) is 3. The fourth-order valence-corrected chi connectivity index (χ4v) is 7.46. The van der Waals surface area contributed by atoms with Crippen molar-refractivity contribution < 1.29 is 13.7 Å². The summed E-state index contributed by atoms with van der Waals surface area (Å²) in [6.45, 7) is 5.49. The molecule has 2 heterocycles. The molecule has 1 amide bonds. The maximum absolute atomic E-state index is 12.6. The number of carbonyl (C=O) groups is 1. The predicted octanol–water partition coefficient (Wildman–Crippen LogP) is 1.16. The summed E-state index contributed by atoms with van der Waals surface area (Å²) in [5.74, 6) is 0.0747. The molecule has 0 aromatic heterocycles. The number of halogens is 1. The molecule has 1 saturated heterocycles. The molecular weight excluding hydrogens is 321 g/mol. The average Bonchev–Trinajstić information content (AvgIpc) is 2.47. The van der Waals surface area contributed by atoms with Crippen molar-refractivity contribution in [2.45, 2.75) is 43.7 Å². The van der Waals surface area contributed by atoms with Crippen LogP contribution in [-0.2, 0) is 8.63 Å². The van der Waals surface area contributed by atoms with Gasteiger partial charge in [0.25, 0.3) is 0 Å². The van der Waals surface area contributed by atoms with E-state index < -0.39 is 24.3 Å². The van der Waals surface area contributed by atoms with E-state index in [-0.39, 0.29) is 17.9 Å². The van der Waals surface area contributed by atoms with Gasteiger partial charge in [-0.2, -0.15) is 0 Å². The van der Waals surface area contributed by atoms with E-state index >= 15 is 0 Å². The third-order valence-corrected chi connectivity index (χ3v) is 8.46. The molecule has 4 nitrogen and oxygen atoms in total. The molecule has 0 aromatic rings. The van der Waals surface area contributed by atoms with Crippen LogP contribution >= 0.6 is 11.6 Å². The number of allylic oxidation sites excluding steroid dienone is 1. The zero-order valence-corrected chi connectivity index (χ0v) is 13.2. The number of amides is 1. The topological polar surface area (TPSA) is 66.4 Å². The van der Waals surface area contributed by atoms with Crippen molar-refractivity contribution in [1.82, 2.24) is 5.32 Å². The quantitative estimate of drug-likeness (QED) is 0.459. The molecule has 0 aromatic carbocycles. The van der Waals surface area contributed by atoms with Gasteiger partial charge in [-0.05, 0) is 0 Å². The molecule has 102 valence electrons. The summed E-state index contributed by atoms with van der Waals surface area (Å²) in [5.41, 5.74) is 0.962. The van der Waals surface area contributed by atoms with Crippen LogP contribution in [-0.4, -0.2) is 42.9 Å². The second-order valence-electron chi connectivity index (χ2n) is 5.18. The molecule has 4 atom stereocenters. The number of hydrogen-bond donors (Lipinski definition) is 2. The van der Waals surface area contributed by atoms with Crippen molar-refractivity contribution >= 4 is 31.3 Å². The van der Waals surface area contributed by atoms with E-state index in [1.165, 1.54) is 0 Å². The SMILES string of the molecule is CC1=C(CCCl)[C@@H]2NC(=O)[C@]2([C@@H](O)C(C)C)[Se]1=O. The summed E-state index contributed by atoms with van der Waals surface area (Å²) >= 11 is 3.21. The van der Waals surface area contributed by atoms with E-state index in [9.17, 15) is 13.7 Å². The zero-order chi connectivity index (χ0) is 13.7. The molecule has 18 heavy (non-hydrogen) atoms. The Hall–Kier alpha value is -0.221. The number of alkyl halides is 1.